The number of hydrogen-bond acceptors (Lipinski definition) is 2. The molecule has 5 heteroatoms. The predicted molar refractivity (Wildman–Crippen MR) is 67.4 cm³/mol. The Morgan fingerprint density at radius 1 is 1.33 bits per heavy atom. The van der Waals surface area contributed by atoms with Crippen LogP contribution in [0.3, 0.4) is 0 Å². The summed E-state index contributed by atoms with van der Waals surface area (Å²) in [5, 5.41) is 9.29. The van der Waals surface area contributed by atoms with Crippen LogP contribution in [0.1, 0.15) is 32.0 Å². The maximum Gasteiger partial charge on any atom is 0.352 e. The van der Waals surface area contributed by atoms with Gasteiger partial charge in [-0.15, -0.1) is 0 Å². The van der Waals surface area contributed by atoms with E-state index in [1.54, 1.807) is 25.1 Å². The Balaban J connectivity index is 2.41. The van der Waals surface area contributed by atoms with Crippen LogP contribution in [0.5, 0.6) is 0 Å². The summed E-state index contributed by atoms with van der Waals surface area (Å²) in [6.45, 7) is 1.75. The number of carbonyl (C=O) groups is 2. The summed E-state index contributed by atoms with van der Waals surface area (Å²) in [7, 11) is 0. The number of carboxylic acids is 1. The number of nitrogens with one attached hydrogen (secondary N) is 1. The summed E-state index contributed by atoms with van der Waals surface area (Å²) in [5.41, 5.74) is 1.44. The standard InChI is InChI=1S/C13H10ClNO3/c1-7-9(3-2-4-10(7)14)12(16)8-5-11(13(17)18)15-6-8/h2-6,15H,1H3,(H,17,18). The van der Waals surface area contributed by atoms with E-state index in [9.17, 15) is 9.59 Å². The number of carbonyl (C=O) groups excluding carboxylic acids is 1. The molecule has 0 amide bonds. The normalized spacial score (nSPS) is 10.3. The number of benzene rings is 1. The molecule has 0 saturated carbocycles. The third kappa shape index (κ3) is 2.15. The van der Waals surface area contributed by atoms with Crippen LogP contribution >= 0.6 is 11.6 Å². The van der Waals surface area contributed by atoms with Crippen molar-refractivity contribution in [2.45, 2.75) is 6.92 Å². The van der Waals surface area contributed by atoms with Crippen LogP contribution in [-0.2, 0) is 0 Å². The predicted octanol–water partition coefficient (Wildman–Crippen LogP) is 2.91. The van der Waals surface area contributed by atoms with Crippen LogP contribution < -0.4 is 0 Å². The summed E-state index contributed by atoms with van der Waals surface area (Å²) in [6.07, 6.45) is 1.38. The maximum absolute atomic E-state index is 12.2. The summed E-state index contributed by atoms with van der Waals surface area (Å²) in [4.78, 5) is 25.5. The fraction of sp³-hybridized carbons (Fsp3) is 0.0769. The van der Waals surface area contributed by atoms with Crippen molar-refractivity contribution in [2.75, 3.05) is 0 Å². The van der Waals surface area contributed by atoms with Gasteiger partial charge in [-0.3, -0.25) is 4.79 Å². The molecule has 1 aromatic heterocycles. The summed E-state index contributed by atoms with van der Waals surface area (Å²) in [6, 6.07) is 6.36. The number of aromatic nitrogens is 1. The molecule has 4 nitrogen and oxygen atoms in total. The average Bonchev–Trinajstić information content (AvgIpc) is 2.81. The number of ketones is 1. The van der Waals surface area contributed by atoms with Crippen LogP contribution in [0.25, 0.3) is 0 Å². The molecule has 0 spiro atoms. The Hall–Kier alpha value is -2.07. The molecule has 2 aromatic rings. The molecule has 0 radical (unpaired) electrons. The first kappa shape index (κ1) is 12.4. The van der Waals surface area contributed by atoms with Gasteiger partial charge in [-0.1, -0.05) is 23.7 Å². The van der Waals surface area contributed by atoms with Crippen LogP contribution in [0.2, 0.25) is 5.02 Å². The van der Waals surface area contributed by atoms with Crippen LogP contribution in [0.4, 0.5) is 0 Å². The number of rotatable bonds is 3. The highest BCUT2D eigenvalue weighted by atomic mass is 35.5. The van der Waals surface area contributed by atoms with Crippen LogP contribution in [0.15, 0.2) is 30.5 Å². The molecule has 0 aliphatic heterocycles. The summed E-state index contributed by atoms with van der Waals surface area (Å²) >= 11 is 5.95. The van der Waals surface area contributed by atoms with Gasteiger partial charge in [0.25, 0.3) is 0 Å². The number of carboxylic acid groups (broad SMARTS) is 1. The molecule has 2 N–H and O–H groups in total. The van der Waals surface area contributed by atoms with Crippen molar-refractivity contribution in [1.82, 2.24) is 4.98 Å². The van der Waals surface area contributed by atoms with E-state index in [0.29, 0.717) is 21.7 Å². The Morgan fingerprint density at radius 3 is 2.67 bits per heavy atom. The second-order valence-corrected chi connectivity index (χ2v) is 4.26. The highest BCUT2D eigenvalue weighted by Crippen LogP contribution is 2.21. The van der Waals surface area contributed by atoms with E-state index >= 15 is 0 Å². The minimum atomic E-state index is -1.10. The van der Waals surface area contributed by atoms with Gasteiger partial charge in [-0.05, 0) is 24.6 Å². The highest BCUT2D eigenvalue weighted by molar-refractivity contribution is 6.32. The van der Waals surface area contributed by atoms with Gasteiger partial charge in [-0.25, -0.2) is 4.79 Å². The SMILES string of the molecule is Cc1c(Cl)cccc1C(=O)c1c[nH]c(C(=O)O)c1. The molecule has 0 aliphatic rings. The van der Waals surface area contributed by atoms with Gasteiger partial charge < -0.3 is 10.1 Å². The molecular weight excluding hydrogens is 254 g/mol. The van der Waals surface area contributed by atoms with Gasteiger partial charge in [0.15, 0.2) is 5.78 Å². The molecule has 0 atom stereocenters. The fourth-order valence-corrected chi connectivity index (χ4v) is 1.83. The third-order valence-corrected chi connectivity index (χ3v) is 3.10. The van der Waals surface area contributed by atoms with Crippen molar-refractivity contribution in [3.05, 3.63) is 57.9 Å². The Kier molecular flexibility index (Phi) is 3.21. The average molecular weight is 264 g/mol. The molecule has 1 heterocycles. The molecule has 2 rings (SSSR count). The quantitative estimate of drug-likeness (QED) is 0.837. The summed E-state index contributed by atoms with van der Waals surface area (Å²) < 4.78 is 0. The third-order valence-electron chi connectivity index (χ3n) is 2.69. The van der Waals surface area contributed by atoms with E-state index in [1.807, 2.05) is 0 Å². The minimum absolute atomic E-state index is 0.0157. The van der Waals surface area contributed by atoms with Crippen molar-refractivity contribution >= 4 is 23.4 Å². The number of H-pyrrole nitrogens is 1. The van der Waals surface area contributed by atoms with Gasteiger partial charge >= 0.3 is 5.97 Å². The van der Waals surface area contributed by atoms with Crippen molar-refractivity contribution in [3.8, 4) is 0 Å². The number of hydrogen-bond donors (Lipinski definition) is 2. The van der Waals surface area contributed by atoms with Gasteiger partial charge in [-0.2, -0.15) is 0 Å². The van der Waals surface area contributed by atoms with E-state index in [0.717, 1.165) is 0 Å². The molecule has 92 valence electrons. The smallest absolute Gasteiger partial charge is 0.352 e. The Bertz CT molecular complexity index is 631. The van der Waals surface area contributed by atoms with Crippen molar-refractivity contribution in [1.29, 1.82) is 0 Å². The molecule has 1 aromatic carbocycles. The van der Waals surface area contributed by atoms with Gasteiger partial charge in [0, 0.05) is 22.3 Å². The lowest BCUT2D eigenvalue weighted by Gasteiger charge is -2.04. The highest BCUT2D eigenvalue weighted by Gasteiger charge is 2.16. The lowest BCUT2D eigenvalue weighted by atomic mass is 10.0. The zero-order chi connectivity index (χ0) is 13.3. The first-order valence-corrected chi connectivity index (χ1v) is 5.60. The maximum atomic E-state index is 12.2. The Labute approximate surface area is 108 Å². The lowest BCUT2D eigenvalue weighted by molar-refractivity contribution is 0.0691. The Morgan fingerprint density at radius 2 is 2.06 bits per heavy atom. The molecule has 18 heavy (non-hydrogen) atoms. The van der Waals surface area contributed by atoms with E-state index in [2.05, 4.69) is 4.98 Å². The minimum Gasteiger partial charge on any atom is -0.477 e. The number of halogens is 1. The van der Waals surface area contributed by atoms with Gasteiger partial charge in [0.05, 0.1) is 0 Å². The molecule has 0 bridgehead atoms. The first-order chi connectivity index (χ1) is 8.50. The molecule has 0 fully saturated rings. The summed E-state index contributed by atoms with van der Waals surface area (Å²) in [5.74, 6) is -1.35. The lowest BCUT2D eigenvalue weighted by Crippen LogP contribution is -2.03. The van der Waals surface area contributed by atoms with Crippen LogP contribution in [-0.4, -0.2) is 21.8 Å². The van der Waals surface area contributed by atoms with E-state index < -0.39 is 5.97 Å². The molecule has 0 aliphatic carbocycles. The molecular formula is C13H10ClNO3. The van der Waals surface area contributed by atoms with E-state index in [-0.39, 0.29) is 11.5 Å². The largest absolute Gasteiger partial charge is 0.477 e. The van der Waals surface area contributed by atoms with Gasteiger partial charge in [0.1, 0.15) is 5.69 Å². The molecule has 0 unspecified atom stereocenters. The van der Waals surface area contributed by atoms with E-state index in [4.69, 9.17) is 16.7 Å². The number of aromatic carboxylic acids is 1. The zero-order valence-electron chi connectivity index (χ0n) is 9.53. The monoisotopic (exact) mass is 263 g/mol. The van der Waals surface area contributed by atoms with Crippen LogP contribution in [0, 0.1) is 6.92 Å². The molecule has 0 saturated heterocycles. The zero-order valence-corrected chi connectivity index (χ0v) is 10.3. The van der Waals surface area contributed by atoms with Crippen molar-refractivity contribution in [2.24, 2.45) is 0 Å². The first-order valence-electron chi connectivity index (χ1n) is 5.22. The number of aromatic amines is 1. The van der Waals surface area contributed by atoms with Crippen molar-refractivity contribution in [3.63, 3.8) is 0 Å². The van der Waals surface area contributed by atoms with Crippen molar-refractivity contribution < 1.29 is 14.7 Å². The fourth-order valence-electron chi connectivity index (χ4n) is 1.66. The second-order valence-electron chi connectivity index (χ2n) is 3.85. The van der Waals surface area contributed by atoms with E-state index in [1.165, 1.54) is 12.3 Å². The second kappa shape index (κ2) is 4.66. The topological polar surface area (TPSA) is 70.2 Å². The van der Waals surface area contributed by atoms with Gasteiger partial charge in [0.2, 0.25) is 0 Å².